The zero-order chi connectivity index (χ0) is 46.6. The van der Waals surface area contributed by atoms with Gasteiger partial charge in [-0.05, 0) is 147 Å². The van der Waals surface area contributed by atoms with Crippen LogP contribution < -0.4 is 20.7 Å². The first-order chi connectivity index (χ1) is 35.3. The lowest BCUT2D eigenvalue weighted by atomic mass is 9.81. The average molecular weight is 913 g/mol. The minimum absolute atomic E-state index is 1.23. The molecule has 0 unspecified atom stereocenters. The van der Waals surface area contributed by atoms with Gasteiger partial charge in [-0.1, -0.05) is 261 Å². The number of benzene rings is 14. The monoisotopic (exact) mass is 912 g/mol. The standard InChI is InChI=1S/C70H44Si/c1-3-22-50(23-4-1)71(51-24-5-2-6-25-51)65-44-49(38-39-54(65)64-42-41-53-52-26-10-9-20-46(52)37-40-63(53)70(64)71)67-57-29-13-17-33-61(57)69(62-34-18-14-30-58(62)67)68-59-31-15-11-27-55(59)66(56-28-12-16-32-60(56)68)48-36-35-45-19-7-8-21-47(45)43-48/h1-44H. The molecule has 0 aromatic heterocycles. The quantitative estimate of drug-likeness (QED) is 0.0917. The summed E-state index contributed by atoms with van der Waals surface area (Å²) in [5.74, 6) is 0. The largest absolute Gasteiger partial charge is 0.181 e. The Hall–Kier alpha value is -8.88. The van der Waals surface area contributed by atoms with Crippen molar-refractivity contribution in [2.45, 2.75) is 0 Å². The molecule has 0 fully saturated rings. The molecule has 0 bridgehead atoms. The first-order valence-electron chi connectivity index (χ1n) is 24.8. The van der Waals surface area contributed by atoms with E-state index in [4.69, 9.17) is 0 Å². The highest BCUT2D eigenvalue weighted by Gasteiger charge is 2.50. The molecular weight excluding hydrogens is 869 g/mol. The van der Waals surface area contributed by atoms with E-state index in [2.05, 4.69) is 267 Å². The number of rotatable bonds is 5. The van der Waals surface area contributed by atoms with Crippen LogP contribution in [0.2, 0.25) is 0 Å². The van der Waals surface area contributed by atoms with E-state index in [1.165, 1.54) is 141 Å². The van der Waals surface area contributed by atoms with Crippen LogP contribution in [0.5, 0.6) is 0 Å². The fraction of sp³-hybridized carbons (Fsp3) is 0. The van der Waals surface area contributed by atoms with Crippen molar-refractivity contribution in [3.63, 3.8) is 0 Å². The highest BCUT2D eigenvalue weighted by atomic mass is 28.3. The Labute approximate surface area is 413 Å². The highest BCUT2D eigenvalue weighted by molar-refractivity contribution is 7.23. The number of fused-ring (bicyclic) bond motifs is 12. The van der Waals surface area contributed by atoms with Gasteiger partial charge in [-0.2, -0.15) is 0 Å². The molecule has 328 valence electrons. The molecule has 14 aromatic rings. The topological polar surface area (TPSA) is 0 Å². The summed E-state index contributed by atoms with van der Waals surface area (Å²) in [6.45, 7) is 0. The summed E-state index contributed by atoms with van der Waals surface area (Å²) < 4.78 is 0. The Kier molecular flexibility index (Phi) is 8.78. The predicted molar refractivity (Wildman–Crippen MR) is 308 cm³/mol. The van der Waals surface area contributed by atoms with Crippen molar-refractivity contribution in [3.05, 3.63) is 267 Å². The van der Waals surface area contributed by atoms with Crippen LogP contribution in [0.1, 0.15) is 0 Å². The second-order valence-corrected chi connectivity index (χ2v) is 23.0. The van der Waals surface area contributed by atoms with Crippen LogP contribution in [0.3, 0.4) is 0 Å². The van der Waals surface area contributed by atoms with E-state index in [1.807, 2.05) is 0 Å². The minimum Gasteiger partial charge on any atom is -0.0623 e. The molecule has 1 heteroatoms. The van der Waals surface area contributed by atoms with E-state index in [1.54, 1.807) is 0 Å². The second kappa shape index (κ2) is 15.6. The zero-order valence-corrected chi connectivity index (χ0v) is 39.9. The Morgan fingerprint density at radius 2 is 0.592 bits per heavy atom. The van der Waals surface area contributed by atoms with Crippen LogP contribution in [-0.4, -0.2) is 8.07 Å². The first kappa shape index (κ1) is 40.0. The fourth-order valence-electron chi connectivity index (χ4n) is 13.0. The molecule has 0 radical (unpaired) electrons. The van der Waals surface area contributed by atoms with Gasteiger partial charge in [0.05, 0.1) is 0 Å². The van der Waals surface area contributed by atoms with Crippen LogP contribution in [0.15, 0.2) is 267 Å². The first-order valence-corrected chi connectivity index (χ1v) is 26.8. The molecule has 0 nitrogen and oxygen atoms in total. The molecule has 15 rings (SSSR count). The zero-order valence-electron chi connectivity index (χ0n) is 38.9. The van der Waals surface area contributed by atoms with E-state index < -0.39 is 8.07 Å². The molecule has 14 aromatic carbocycles. The fourth-order valence-corrected chi connectivity index (χ4v) is 18.4. The molecule has 0 N–H and O–H groups in total. The summed E-state index contributed by atoms with van der Waals surface area (Å²) in [5.41, 5.74) is 10.3. The van der Waals surface area contributed by atoms with Crippen molar-refractivity contribution in [2.24, 2.45) is 0 Å². The van der Waals surface area contributed by atoms with Gasteiger partial charge < -0.3 is 0 Å². The highest BCUT2D eigenvalue weighted by Crippen LogP contribution is 2.50. The molecule has 1 heterocycles. The molecule has 0 spiro atoms. The van der Waals surface area contributed by atoms with Crippen molar-refractivity contribution in [3.8, 4) is 44.5 Å². The van der Waals surface area contributed by atoms with Gasteiger partial charge >= 0.3 is 0 Å². The van der Waals surface area contributed by atoms with Crippen LogP contribution in [0.25, 0.3) is 120 Å². The van der Waals surface area contributed by atoms with Gasteiger partial charge in [0.1, 0.15) is 0 Å². The summed E-state index contributed by atoms with van der Waals surface area (Å²) in [6.07, 6.45) is 0. The predicted octanol–water partition coefficient (Wildman–Crippen LogP) is 16.1. The van der Waals surface area contributed by atoms with Gasteiger partial charge in [0.25, 0.3) is 0 Å². The van der Waals surface area contributed by atoms with Crippen LogP contribution in [0.4, 0.5) is 0 Å². The summed E-state index contributed by atoms with van der Waals surface area (Å²) in [5, 5.41) is 23.5. The van der Waals surface area contributed by atoms with E-state index in [-0.39, 0.29) is 0 Å². The van der Waals surface area contributed by atoms with Crippen molar-refractivity contribution in [2.75, 3.05) is 0 Å². The summed E-state index contributed by atoms with van der Waals surface area (Å²) in [4.78, 5) is 0. The molecular formula is C70H44Si. The van der Waals surface area contributed by atoms with Gasteiger partial charge in [-0.3, -0.25) is 0 Å². The Morgan fingerprint density at radius 3 is 1.13 bits per heavy atom. The maximum absolute atomic E-state index is 2.95. The average Bonchev–Trinajstić information content (AvgIpc) is 3.75. The molecule has 71 heavy (non-hydrogen) atoms. The molecule has 0 saturated heterocycles. The smallest absolute Gasteiger partial charge is 0.0623 e. The molecule has 1 aliphatic heterocycles. The lowest BCUT2D eigenvalue weighted by Crippen LogP contribution is -2.73. The van der Waals surface area contributed by atoms with Crippen molar-refractivity contribution in [1.82, 2.24) is 0 Å². The van der Waals surface area contributed by atoms with Crippen molar-refractivity contribution in [1.29, 1.82) is 0 Å². The third-order valence-corrected chi connectivity index (χ3v) is 20.8. The number of hydrogen-bond donors (Lipinski definition) is 0. The van der Waals surface area contributed by atoms with E-state index in [9.17, 15) is 0 Å². The summed E-state index contributed by atoms with van der Waals surface area (Å²) >= 11 is 0. The second-order valence-electron chi connectivity index (χ2n) is 19.4. The van der Waals surface area contributed by atoms with Gasteiger partial charge in [-0.15, -0.1) is 0 Å². The lowest BCUT2D eigenvalue weighted by Gasteiger charge is -2.32. The van der Waals surface area contributed by atoms with Crippen molar-refractivity contribution < 1.29 is 0 Å². The normalized spacial score (nSPS) is 12.9. The van der Waals surface area contributed by atoms with Gasteiger partial charge in [0.15, 0.2) is 8.07 Å². The lowest BCUT2D eigenvalue weighted by molar-refractivity contribution is 1.67. The Bertz CT molecular complexity index is 4360. The Morgan fingerprint density at radius 1 is 0.211 bits per heavy atom. The van der Waals surface area contributed by atoms with Gasteiger partial charge in [0, 0.05) is 0 Å². The van der Waals surface area contributed by atoms with Gasteiger partial charge in [-0.25, -0.2) is 0 Å². The molecule has 0 amide bonds. The summed E-state index contributed by atoms with van der Waals surface area (Å²) in [6, 6.07) is 101. The van der Waals surface area contributed by atoms with Crippen LogP contribution in [-0.2, 0) is 0 Å². The SMILES string of the molecule is c1ccc([Si]2(c3ccccc3)c3cc(-c4c5ccccc5c(-c5c6ccccc6c(-c6ccc7ccccc7c6)c6ccccc56)c5ccccc45)ccc3-c3ccc4c(ccc5ccccc54)c32)cc1. The van der Waals surface area contributed by atoms with E-state index in [0.717, 1.165) is 0 Å². The third kappa shape index (κ3) is 5.73. The maximum Gasteiger partial charge on any atom is 0.181 e. The van der Waals surface area contributed by atoms with E-state index in [0.29, 0.717) is 0 Å². The van der Waals surface area contributed by atoms with E-state index >= 15 is 0 Å². The van der Waals surface area contributed by atoms with Crippen LogP contribution >= 0.6 is 0 Å². The molecule has 0 saturated carbocycles. The molecule has 0 atom stereocenters. The van der Waals surface area contributed by atoms with Crippen LogP contribution in [0, 0.1) is 0 Å². The minimum atomic E-state index is -2.95. The third-order valence-electron chi connectivity index (χ3n) is 15.9. The maximum atomic E-state index is 2.62. The number of hydrogen-bond acceptors (Lipinski definition) is 0. The Balaban J connectivity index is 1.03. The molecule has 0 aliphatic carbocycles. The van der Waals surface area contributed by atoms with Crippen molar-refractivity contribution >= 4 is 104 Å². The molecule has 1 aliphatic rings. The summed E-state index contributed by atoms with van der Waals surface area (Å²) in [7, 11) is -2.95. The van der Waals surface area contributed by atoms with Gasteiger partial charge in [0.2, 0.25) is 0 Å².